The van der Waals surface area contributed by atoms with Crippen LogP contribution in [0, 0.1) is 0 Å². The molecule has 3 heterocycles. The van der Waals surface area contributed by atoms with Gasteiger partial charge in [-0.3, -0.25) is 9.58 Å². The van der Waals surface area contributed by atoms with Crippen LogP contribution in [0.5, 0.6) is 11.5 Å². The van der Waals surface area contributed by atoms with E-state index in [1.807, 2.05) is 42.5 Å². The van der Waals surface area contributed by atoms with Crippen molar-refractivity contribution in [1.29, 1.82) is 0 Å². The number of anilines is 1. The number of nitrogens with one attached hydrogen (secondary N) is 1. The molecule has 2 aliphatic rings. The van der Waals surface area contributed by atoms with Gasteiger partial charge in [0.05, 0.1) is 18.6 Å². The monoisotopic (exact) mass is 579 g/mol. The number of hydrogen-bond acceptors (Lipinski definition) is 7. The zero-order valence-corrected chi connectivity index (χ0v) is 22.9. The van der Waals surface area contributed by atoms with Crippen molar-refractivity contribution >= 4 is 35.0 Å². The van der Waals surface area contributed by atoms with E-state index in [0.717, 1.165) is 23.2 Å². The molecule has 9 nitrogen and oxygen atoms in total. The number of halogens is 2. The summed E-state index contributed by atoms with van der Waals surface area (Å²) in [6, 6.07) is 19.8. The molecule has 2 aliphatic heterocycles. The SMILES string of the molecule is O=C(Oc1ccc(Cl)cc1)N1CCC2c3cc(Cl)ccc3NC2C1c1ccc(OCC(O)Cn2cncn2)cc1. The maximum absolute atomic E-state index is 13.5. The van der Waals surface area contributed by atoms with E-state index < -0.39 is 12.2 Å². The third kappa shape index (κ3) is 5.58. The Morgan fingerprint density at radius 3 is 2.55 bits per heavy atom. The zero-order chi connectivity index (χ0) is 27.6. The van der Waals surface area contributed by atoms with Gasteiger partial charge in [-0.05, 0) is 72.1 Å². The number of amides is 1. The normalized spacial score (nSPS) is 20.3. The molecule has 4 atom stereocenters. The summed E-state index contributed by atoms with van der Waals surface area (Å²) in [7, 11) is 0. The number of piperidine rings is 1. The van der Waals surface area contributed by atoms with Gasteiger partial charge in [0.1, 0.15) is 36.9 Å². The highest BCUT2D eigenvalue weighted by molar-refractivity contribution is 6.31. The Balaban J connectivity index is 1.22. The summed E-state index contributed by atoms with van der Waals surface area (Å²) < 4.78 is 13.1. The molecule has 206 valence electrons. The number of hydrogen-bond donors (Lipinski definition) is 2. The maximum Gasteiger partial charge on any atom is 0.415 e. The van der Waals surface area contributed by atoms with Crippen LogP contribution >= 0.6 is 23.2 Å². The van der Waals surface area contributed by atoms with Crippen molar-refractivity contribution in [2.24, 2.45) is 0 Å². The van der Waals surface area contributed by atoms with Crippen molar-refractivity contribution < 1.29 is 19.4 Å². The standard InChI is InChI=1S/C29H27Cl2N5O4/c30-19-3-8-23(9-4-19)40-29(38)36-12-11-24-25-13-20(31)5-10-26(25)34-27(24)28(36)18-1-6-22(7-2-18)39-15-21(37)14-35-17-32-16-33-35/h1-10,13,16-17,21,24,27-28,34,37H,11-12,14-15H2. The topological polar surface area (TPSA) is 102 Å². The van der Waals surface area contributed by atoms with Crippen molar-refractivity contribution in [3.63, 3.8) is 0 Å². The third-order valence-electron chi connectivity index (χ3n) is 7.31. The second kappa shape index (κ2) is 11.4. The lowest BCUT2D eigenvalue weighted by atomic mass is 9.81. The molecule has 0 radical (unpaired) electrons. The molecule has 1 amide bonds. The first-order valence-corrected chi connectivity index (χ1v) is 13.7. The minimum atomic E-state index is -0.744. The molecule has 1 saturated heterocycles. The van der Waals surface area contributed by atoms with Gasteiger partial charge in [-0.1, -0.05) is 35.3 Å². The van der Waals surface area contributed by atoms with E-state index in [4.69, 9.17) is 32.7 Å². The highest BCUT2D eigenvalue weighted by atomic mass is 35.5. The summed E-state index contributed by atoms with van der Waals surface area (Å²) in [6.07, 6.45) is 2.55. The smallest absolute Gasteiger partial charge is 0.415 e. The number of nitrogens with zero attached hydrogens (tertiary/aromatic N) is 4. The average Bonchev–Trinajstić information content (AvgIpc) is 3.60. The second-order valence-electron chi connectivity index (χ2n) is 9.91. The van der Waals surface area contributed by atoms with Gasteiger partial charge >= 0.3 is 6.09 Å². The van der Waals surface area contributed by atoms with E-state index in [1.54, 1.807) is 40.2 Å². The van der Waals surface area contributed by atoms with Gasteiger partial charge < -0.3 is 19.9 Å². The van der Waals surface area contributed by atoms with Gasteiger partial charge in [0.2, 0.25) is 0 Å². The van der Waals surface area contributed by atoms with Gasteiger partial charge in [0.15, 0.2) is 0 Å². The fraction of sp³-hybridized carbons (Fsp3) is 0.276. The van der Waals surface area contributed by atoms with Crippen molar-refractivity contribution in [3.8, 4) is 11.5 Å². The Hall–Kier alpha value is -3.79. The summed E-state index contributed by atoms with van der Waals surface area (Å²) in [5, 5.41) is 19.2. The number of fused-ring (bicyclic) bond motifs is 3. The summed E-state index contributed by atoms with van der Waals surface area (Å²) in [5.41, 5.74) is 3.12. The zero-order valence-electron chi connectivity index (χ0n) is 21.4. The third-order valence-corrected chi connectivity index (χ3v) is 7.79. The van der Waals surface area contributed by atoms with Crippen LogP contribution in [0.15, 0.2) is 79.4 Å². The van der Waals surface area contributed by atoms with Crippen LogP contribution in [0.1, 0.15) is 29.5 Å². The molecule has 6 rings (SSSR count). The lowest BCUT2D eigenvalue weighted by molar-refractivity contribution is 0.0890. The predicted molar refractivity (Wildman–Crippen MR) is 151 cm³/mol. The van der Waals surface area contributed by atoms with E-state index in [-0.39, 0.29) is 31.2 Å². The van der Waals surface area contributed by atoms with Crippen molar-refractivity contribution in [3.05, 3.63) is 101 Å². The molecule has 0 saturated carbocycles. The minimum Gasteiger partial charge on any atom is -0.491 e. The number of rotatable bonds is 7. The average molecular weight is 580 g/mol. The number of aliphatic hydroxyl groups is 1. The van der Waals surface area contributed by atoms with E-state index in [0.29, 0.717) is 28.1 Å². The number of carbonyl (C=O) groups excluding carboxylic acids is 1. The van der Waals surface area contributed by atoms with Crippen molar-refractivity contribution in [1.82, 2.24) is 19.7 Å². The molecule has 1 fully saturated rings. The Bertz CT molecular complexity index is 1470. The molecular formula is C29H27Cl2N5O4. The van der Waals surface area contributed by atoms with Crippen LogP contribution in [-0.4, -0.2) is 56.2 Å². The van der Waals surface area contributed by atoms with Gasteiger partial charge in [-0.2, -0.15) is 5.10 Å². The first kappa shape index (κ1) is 26.4. The number of aliphatic hydroxyl groups excluding tert-OH is 1. The van der Waals surface area contributed by atoms with Crippen LogP contribution in [0.4, 0.5) is 10.5 Å². The molecule has 0 bridgehead atoms. The first-order chi connectivity index (χ1) is 19.4. The highest BCUT2D eigenvalue weighted by Gasteiger charge is 2.46. The second-order valence-corrected chi connectivity index (χ2v) is 10.8. The van der Waals surface area contributed by atoms with Gasteiger partial charge in [-0.15, -0.1) is 0 Å². The molecular weight excluding hydrogens is 553 g/mol. The quantitative estimate of drug-likeness (QED) is 0.296. The number of ether oxygens (including phenoxy) is 2. The van der Waals surface area contributed by atoms with Crippen molar-refractivity contribution in [2.75, 3.05) is 18.5 Å². The number of carbonyl (C=O) groups is 1. The summed E-state index contributed by atoms with van der Waals surface area (Å²) >= 11 is 12.3. The molecule has 1 aromatic heterocycles. The van der Waals surface area contributed by atoms with E-state index in [2.05, 4.69) is 15.4 Å². The number of likely N-dealkylation sites (tertiary alicyclic amines) is 1. The summed E-state index contributed by atoms with van der Waals surface area (Å²) in [6.45, 7) is 0.896. The fourth-order valence-corrected chi connectivity index (χ4v) is 5.80. The Kier molecular flexibility index (Phi) is 7.51. The largest absolute Gasteiger partial charge is 0.491 e. The predicted octanol–water partition coefficient (Wildman–Crippen LogP) is 5.55. The van der Waals surface area contributed by atoms with Gasteiger partial charge in [0.25, 0.3) is 0 Å². The molecule has 0 aliphatic carbocycles. The molecule has 0 spiro atoms. The number of benzene rings is 3. The Morgan fingerprint density at radius 2 is 1.80 bits per heavy atom. The number of aromatic nitrogens is 3. The lowest BCUT2D eigenvalue weighted by Gasteiger charge is -2.42. The lowest BCUT2D eigenvalue weighted by Crippen LogP contribution is -2.50. The molecule has 4 aromatic rings. The van der Waals surface area contributed by atoms with E-state index >= 15 is 0 Å². The van der Waals surface area contributed by atoms with E-state index in [1.165, 1.54) is 6.33 Å². The van der Waals surface area contributed by atoms with Crippen LogP contribution in [0.25, 0.3) is 0 Å². The van der Waals surface area contributed by atoms with Crippen molar-refractivity contribution in [2.45, 2.75) is 37.1 Å². The fourth-order valence-electron chi connectivity index (χ4n) is 5.49. The van der Waals surface area contributed by atoms with E-state index in [9.17, 15) is 9.90 Å². The van der Waals surface area contributed by atoms with Crippen LogP contribution in [0.3, 0.4) is 0 Å². The molecule has 2 N–H and O–H groups in total. The van der Waals surface area contributed by atoms with Crippen LogP contribution in [0.2, 0.25) is 10.0 Å². The highest BCUT2D eigenvalue weighted by Crippen LogP contribution is 2.48. The van der Waals surface area contributed by atoms with Crippen LogP contribution < -0.4 is 14.8 Å². The molecule has 4 unspecified atom stereocenters. The molecule has 40 heavy (non-hydrogen) atoms. The maximum atomic E-state index is 13.5. The molecule has 3 aromatic carbocycles. The Morgan fingerprint density at radius 1 is 1.05 bits per heavy atom. The van der Waals surface area contributed by atoms with Crippen LogP contribution in [-0.2, 0) is 6.54 Å². The Labute approximate surface area is 241 Å². The minimum absolute atomic E-state index is 0.0729. The summed E-state index contributed by atoms with van der Waals surface area (Å²) in [4.78, 5) is 19.1. The summed E-state index contributed by atoms with van der Waals surface area (Å²) in [5.74, 6) is 1.22. The molecule has 11 heteroatoms. The van der Waals surface area contributed by atoms with Gasteiger partial charge in [-0.25, -0.2) is 9.78 Å². The first-order valence-electron chi connectivity index (χ1n) is 13.0. The van der Waals surface area contributed by atoms with Gasteiger partial charge in [0, 0.05) is 28.2 Å².